The number of hydrazine groups is 1. The minimum Gasteiger partial charge on any atom is -0.350 e. The van der Waals surface area contributed by atoms with E-state index in [-0.39, 0.29) is 11.8 Å². The predicted molar refractivity (Wildman–Crippen MR) is 96.3 cm³/mol. The lowest BCUT2D eigenvalue weighted by molar-refractivity contribution is 0.0849. The first-order valence-corrected chi connectivity index (χ1v) is 8.57. The molecule has 0 unspecified atom stereocenters. The van der Waals surface area contributed by atoms with Gasteiger partial charge in [-0.25, -0.2) is 0 Å². The summed E-state index contributed by atoms with van der Waals surface area (Å²) in [6.07, 6.45) is 2.66. The summed E-state index contributed by atoms with van der Waals surface area (Å²) >= 11 is 1.45. The zero-order valence-corrected chi connectivity index (χ0v) is 14.7. The average molecular weight is 341 g/mol. The highest BCUT2D eigenvalue weighted by Crippen LogP contribution is 2.22. The second kappa shape index (κ2) is 6.49. The Balaban J connectivity index is 1.73. The SMILES string of the molecule is CCc1sc(C(=O)NNC(=O)c2cn(C)c3ccccc23)cc1C. The molecule has 0 aliphatic rings. The summed E-state index contributed by atoms with van der Waals surface area (Å²) in [5, 5.41) is 0.854. The number of fused-ring (bicyclic) bond motifs is 1. The molecule has 2 heterocycles. The number of nitrogens with one attached hydrogen (secondary N) is 2. The standard InChI is InChI=1S/C18H19N3O2S/c1-4-15-11(2)9-16(24-15)18(23)20-19-17(22)13-10-21(3)14-8-6-5-7-12(13)14/h5-10H,4H2,1-3H3,(H,19,22)(H,20,23). The van der Waals surface area contributed by atoms with Crippen LogP contribution in [0.3, 0.4) is 0 Å². The van der Waals surface area contributed by atoms with Crippen molar-refractivity contribution in [1.29, 1.82) is 0 Å². The summed E-state index contributed by atoms with van der Waals surface area (Å²) in [4.78, 5) is 26.4. The van der Waals surface area contributed by atoms with Gasteiger partial charge in [0.2, 0.25) is 0 Å². The van der Waals surface area contributed by atoms with Gasteiger partial charge in [-0.05, 0) is 31.0 Å². The van der Waals surface area contributed by atoms with Crippen molar-refractivity contribution in [1.82, 2.24) is 15.4 Å². The first-order valence-electron chi connectivity index (χ1n) is 7.75. The van der Waals surface area contributed by atoms with Crippen LogP contribution in [0.4, 0.5) is 0 Å². The molecular formula is C18H19N3O2S. The normalized spacial score (nSPS) is 10.8. The Morgan fingerprint density at radius 3 is 2.58 bits per heavy atom. The van der Waals surface area contributed by atoms with E-state index in [1.807, 2.05) is 48.9 Å². The number of amides is 2. The van der Waals surface area contributed by atoms with Crippen LogP contribution in [-0.4, -0.2) is 16.4 Å². The van der Waals surface area contributed by atoms with Crippen molar-refractivity contribution in [2.24, 2.45) is 7.05 Å². The van der Waals surface area contributed by atoms with E-state index >= 15 is 0 Å². The van der Waals surface area contributed by atoms with Crippen molar-refractivity contribution in [3.63, 3.8) is 0 Å². The number of thiophene rings is 1. The zero-order chi connectivity index (χ0) is 17.3. The lowest BCUT2D eigenvalue weighted by atomic mass is 10.2. The van der Waals surface area contributed by atoms with E-state index in [2.05, 4.69) is 17.8 Å². The molecule has 3 aromatic rings. The molecule has 0 atom stereocenters. The first kappa shape index (κ1) is 16.3. The Morgan fingerprint density at radius 2 is 1.88 bits per heavy atom. The van der Waals surface area contributed by atoms with Gasteiger partial charge < -0.3 is 4.57 Å². The molecule has 2 N–H and O–H groups in total. The molecule has 0 saturated carbocycles. The zero-order valence-electron chi connectivity index (χ0n) is 13.8. The number of nitrogens with zero attached hydrogens (tertiary/aromatic N) is 1. The van der Waals surface area contributed by atoms with Gasteiger partial charge in [0.05, 0.1) is 10.4 Å². The van der Waals surface area contributed by atoms with Crippen LogP contribution in [0.25, 0.3) is 10.9 Å². The van der Waals surface area contributed by atoms with Crippen LogP contribution in [0.2, 0.25) is 0 Å². The summed E-state index contributed by atoms with van der Waals surface area (Å²) in [7, 11) is 1.89. The van der Waals surface area contributed by atoms with E-state index in [9.17, 15) is 9.59 Å². The van der Waals surface area contributed by atoms with Crippen molar-refractivity contribution in [2.45, 2.75) is 20.3 Å². The highest BCUT2D eigenvalue weighted by atomic mass is 32.1. The van der Waals surface area contributed by atoms with Gasteiger partial charge in [0.1, 0.15) is 0 Å². The fourth-order valence-corrected chi connectivity index (χ4v) is 3.76. The van der Waals surface area contributed by atoms with Crippen LogP contribution in [-0.2, 0) is 13.5 Å². The van der Waals surface area contributed by atoms with Gasteiger partial charge >= 0.3 is 0 Å². The van der Waals surface area contributed by atoms with Crippen LogP contribution in [0, 0.1) is 6.92 Å². The van der Waals surface area contributed by atoms with E-state index in [1.54, 1.807) is 6.20 Å². The largest absolute Gasteiger partial charge is 0.350 e. The number of carbonyl (C=O) groups is 2. The second-order valence-electron chi connectivity index (χ2n) is 5.65. The van der Waals surface area contributed by atoms with Gasteiger partial charge in [-0.15, -0.1) is 11.3 Å². The van der Waals surface area contributed by atoms with Gasteiger partial charge in [-0.3, -0.25) is 20.4 Å². The Bertz CT molecular complexity index is 924. The highest BCUT2D eigenvalue weighted by molar-refractivity contribution is 7.14. The van der Waals surface area contributed by atoms with Crippen molar-refractivity contribution in [3.8, 4) is 0 Å². The Labute approximate surface area is 144 Å². The van der Waals surface area contributed by atoms with Gasteiger partial charge in [-0.2, -0.15) is 0 Å². The Morgan fingerprint density at radius 1 is 1.17 bits per heavy atom. The maximum absolute atomic E-state index is 12.4. The topological polar surface area (TPSA) is 63.1 Å². The maximum atomic E-state index is 12.4. The minimum atomic E-state index is -0.329. The van der Waals surface area contributed by atoms with Gasteiger partial charge in [0.15, 0.2) is 0 Å². The summed E-state index contributed by atoms with van der Waals surface area (Å²) in [5.74, 6) is -0.625. The van der Waals surface area contributed by atoms with E-state index in [0.29, 0.717) is 10.4 Å². The monoisotopic (exact) mass is 341 g/mol. The lowest BCUT2D eigenvalue weighted by Crippen LogP contribution is -2.41. The van der Waals surface area contributed by atoms with E-state index in [1.165, 1.54) is 16.2 Å². The highest BCUT2D eigenvalue weighted by Gasteiger charge is 2.16. The molecule has 24 heavy (non-hydrogen) atoms. The van der Waals surface area contributed by atoms with E-state index in [4.69, 9.17) is 0 Å². The summed E-state index contributed by atoms with van der Waals surface area (Å²) in [6.45, 7) is 4.05. The average Bonchev–Trinajstić information content (AvgIpc) is 3.13. The molecule has 0 radical (unpaired) electrons. The van der Waals surface area contributed by atoms with E-state index < -0.39 is 0 Å². The second-order valence-corrected chi connectivity index (χ2v) is 6.79. The molecule has 0 bridgehead atoms. The molecule has 3 rings (SSSR count). The number of rotatable bonds is 3. The van der Waals surface area contributed by atoms with Gasteiger partial charge in [0.25, 0.3) is 11.8 Å². The number of hydrogen-bond donors (Lipinski definition) is 2. The Hall–Kier alpha value is -2.60. The van der Waals surface area contributed by atoms with Crippen molar-refractivity contribution < 1.29 is 9.59 Å². The molecule has 124 valence electrons. The summed E-state index contributed by atoms with van der Waals surface area (Å²) < 4.78 is 1.89. The van der Waals surface area contributed by atoms with E-state index in [0.717, 1.165) is 22.9 Å². The van der Waals surface area contributed by atoms with Crippen LogP contribution in [0.15, 0.2) is 36.5 Å². The predicted octanol–water partition coefficient (Wildman–Crippen LogP) is 3.19. The molecule has 0 fully saturated rings. The fraction of sp³-hybridized carbons (Fsp3) is 0.222. The minimum absolute atomic E-state index is 0.295. The molecule has 0 aliphatic carbocycles. The summed E-state index contributed by atoms with van der Waals surface area (Å²) in [6, 6.07) is 9.51. The van der Waals surface area contributed by atoms with Crippen LogP contribution in [0.1, 0.15) is 37.4 Å². The van der Waals surface area contributed by atoms with Crippen molar-refractivity contribution in [3.05, 3.63) is 57.4 Å². The first-order chi connectivity index (χ1) is 11.5. The maximum Gasteiger partial charge on any atom is 0.279 e. The third-order valence-electron chi connectivity index (χ3n) is 4.00. The third kappa shape index (κ3) is 2.92. The third-order valence-corrected chi connectivity index (χ3v) is 5.38. The van der Waals surface area contributed by atoms with Crippen LogP contribution >= 0.6 is 11.3 Å². The molecule has 6 heteroatoms. The van der Waals surface area contributed by atoms with Crippen LogP contribution in [0.5, 0.6) is 0 Å². The molecule has 2 aromatic heterocycles. The molecule has 0 spiro atoms. The molecular weight excluding hydrogens is 322 g/mol. The van der Waals surface area contributed by atoms with Crippen LogP contribution < -0.4 is 10.9 Å². The van der Waals surface area contributed by atoms with Crippen molar-refractivity contribution >= 4 is 34.1 Å². The number of aromatic nitrogens is 1. The molecule has 1 aromatic carbocycles. The molecule has 0 aliphatic heterocycles. The lowest BCUT2D eigenvalue weighted by Gasteiger charge is -2.05. The number of para-hydroxylation sites is 1. The number of hydrogen-bond acceptors (Lipinski definition) is 3. The van der Waals surface area contributed by atoms with Gasteiger partial charge in [-0.1, -0.05) is 25.1 Å². The Kier molecular flexibility index (Phi) is 4.40. The molecule has 5 nitrogen and oxygen atoms in total. The molecule has 0 saturated heterocycles. The smallest absolute Gasteiger partial charge is 0.279 e. The summed E-state index contributed by atoms with van der Waals surface area (Å²) in [5.41, 5.74) is 7.61. The molecule has 2 amide bonds. The van der Waals surface area contributed by atoms with Gasteiger partial charge in [0, 0.05) is 29.0 Å². The van der Waals surface area contributed by atoms with Crippen molar-refractivity contribution in [2.75, 3.05) is 0 Å². The fourth-order valence-electron chi connectivity index (χ4n) is 2.75. The quantitative estimate of drug-likeness (QED) is 0.719. The number of carbonyl (C=O) groups excluding carboxylic acids is 2. The number of benzene rings is 1. The number of aryl methyl sites for hydroxylation is 3.